The van der Waals surface area contributed by atoms with Gasteiger partial charge in [-0.1, -0.05) is 0 Å². The Balaban J connectivity index is 2.22. The summed E-state index contributed by atoms with van der Waals surface area (Å²) >= 11 is 4.46. The van der Waals surface area contributed by atoms with Gasteiger partial charge in [0.2, 0.25) is 0 Å². The predicted molar refractivity (Wildman–Crippen MR) is 76.8 cm³/mol. The average Bonchev–Trinajstić information content (AvgIpc) is 2.85. The molecule has 21 heavy (non-hydrogen) atoms. The van der Waals surface area contributed by atoms with Gasteiger partial charge in [-0.25, -0.2) is 0 Å². The Kier molecular flexibility index (Phi) is 5.11. The summed E-state index contributed by atoms with van der Waals surface area (Å²) in [6, 6.07) is 3.74. The Bertz CT molecular complexity index is 556. The number of isothiocyanates is 1. The predicted octanol–water partition coefficient (Wildman–Crippen LogP) is 3.66. The van der Waals surface area contributed by atoms with Crippen LogP contribution in [0.3, 0.4) is 0 Å². The maximum absolute atomic E-state index is 12.9. The molecule has 0 spiro atoms. The van der Waals surface area contributed by atoms with Crippen molar-refractivity contribution in [1.82, 2.24) is 4.90 Å². The second-order valence-corrected chi connectivity index (χ2v) is 5.15. The second kappa shape index (κ2) is 6.66. The Hall–Kier alpha value is -1.27. The Morgan fingerprint density at radius 1 is 1.43 bits per heavy atom. The van der Waals surface area contributed by atoms with E-state index >= 15 is 0 Å². The number of hydrogen-bond donors (Lipinski definition) is 0. The zero-order chi connectivity index (χ0) is 15.5. The van der Waals surface area contributed by atoms with Crippen LogP contribution >= 0.6 is 12.2 Å². The molecule has 7 heteroatoms. The van der Waals surface area contributed by atoms with Crippen molar-refractivity contribution < 1.29 is 17.9 Å². The first-order valence-electron chi connectivity index (χ1n) is 6.46. The molecule has 1 aliphatic rings. The molecule has 1 aliphatic heterocycles. The highest BCUT2D eigenvalue weighted by atomic mass is 32.1. The molecule has 114 valence electrons. The maximum atomic E-state index is 12.9. The van der Waals surface area contributed by atoms with Gasteiger partial charge >= 0.3 is 6.18 Å². The molecule has 2 rings (SSSR count). The van der Waals surface area contributed by atoms with Crippen molar-refractivity contribution in [2.24, 2.45) is 4.99 Å². The van der Waals surface area contributed by atoms with Gasteiger partial charge in [0.1, 0.15) is 0 Å². The lowest BCUT2D eigenvalue weighted by molar-refractivity contribution is -0.137. The van der Waals surface area contributed by atoms with Crippen LogP contribution in [0.2, 0.25) is 0 Å². The van der Waals surface area contributed by atoms with Crippen LogP contribution in [-0.4, -0.2) is 36.4 Å². The van der Waals surface area contributed by atoms with E-state index in [-0.39, 0.29) is 11.8 Å². The Morgan fingerprint density at radius 3 is 2.76 bits per heavy atom. The zero-order valence-corrected chi connectivity index (χ0v) is 12.3. The van der Waals surface area contributed by atoms with Crippen LogP contribution in [0.5, 0.6) is 0 Å². The van der Waals surface area contributed by atoms with Crippen LogP contribution in [-0.2, 0) is 17.5 Å². The van der Waals surface area contributed by atoms with E-state index in [2.05, 4.69) is 27.3 Å². The molecule has 0 bridgehead atoms. The van der Waals surface area contributed by atoms with Crippen LogP contribution < -0.4 is 0 Å². The van der Waals surface area contributed by atoms with Crippen LogP contribution in [0.25, 0.3) is 0 Å². The SMILES string of the molecule is CO[C@H]1CCN(Cc2cc(N=C=S)cc(C(F)(F)F)c2)C1. The summed E-state index contributed by atoms with van der Waals surface area (Å²) in [6.45, 7) is 1.96. The van der Waals surface area contributed by atoms with Gasteiger partial charge in [0.25, 0.3) is 0 Å². The maximum Gasteiger partial charge on any atom is 0.416 e. The number of halogens is 3. The van der Waals surface area contributed by atoms with Crippen molar-refractivity contribution in [1.29, 1.82) is 0 Å². The molecule has 0 aliphatic carbocycles. The van der Waals surface area contributed by atoms with Gasteiger partial charge in [-0.3, -0.25) is 4.90 Å². The van der Waals surface area contributed by atoms with Crippen LogP contribution in [0.15, 0.2) is 23.2 Å². The van der Waals surface area contributed by atoms with Crippen molar-refractivity contribution in [3.63, 3.8) is 0 Å². The zero-order valence-electron chi connectivity index (χ0n) is 11.5. The molecule has 0 saturated carbocycles. The standard InChI is InChI=1S/C14H15F3N2OS/c1-20-13-2-3-19(8-13)7-10-4-11(14(15,16)17)6-12(5-10)18-9-21/h4-6,13H,2-3,7-8H2,1H3/t13-/m0/s1. The Morgan fingerprint density at radius 2 is 2.19 bits per heavy atom. The van der Waals surface area contributed by atoms with E-state index in [9.17, 15) is 13.2 Å². The third-order valence-electron chi connectivity index (χ3n) is 3.45. The molecule has 0 unspecified atom stereocenters. The molecular formula is C14H15F3N2OS. The fourth-order valence-corrected chi connectivity index (χ4v) is 2.54. The average molecular weight is 316 g/mol. The van der Waals surface area contributed by atoms with Gasteiger partial charge in [0.15, 0.2) is 0 Å². The first-order chi connectivity index (χ1) is 9.92. The largest absolute Gasteiger partial charge is 0.416 e. The minimum absolute atomic E-state index is 0.147. The van der Waals surface area contributed by atoms with E-state index in [1.54, 1.807) is 13.2 Å². The summed E-state index contributed by atoms with van der Waals surface area (Å²) < 4.78 is 43.9. The van der Waals surface area contributed by atoms with E-state index in [4.69, 9.17) is 4.74 Å². The van der Waals surface area contributed by atoms with Crippen molar-refractivity contribution in [2.75, 3.05) is 20.2 Å². The minimum atomic E-state index is -4.40. The smallest absolute Gasteiger partial charge is 0.380 e. The summed E-state index contributed by atoms with van der Waals surface area (Å²) in [5.41, 5.74) is 0.0226. The normalized spacial score (nSPS) is 19.5. The summed E-state index contributed by atoms with van der Waals surface area (Å²) in [7, 11) is 1.64. The summed E-state index contributed by atoms with van der Waals surface area (Å²) in [5.74, 6) is 0. The van der Waals surface area contributed by atoms with Gasteiger partial charge in [-0.15, -0.1) is 0 Å². The van der Waals surface area contributed by atoms with Crippen molar-refractivity contribution >= 4 is 23.1 Å². The minimum Gasteiger partial charge on any atom is -0.380 e. The van der Waals surface area contributed by atoms with Gasteiger partial charge in [0, 0.05) is 26.7 Å². The number of likely N-dealkylation sites (tertiary alicyclic amines) is 1. The topological polar surface area (TPSA) is 24.8 Å². The summed E-state index contributed by atoms with van der Waals surface area (Å²) in [6.07, 6.45) is -3.36. The molecule has 1 atom stereocenters. The van der Waals surface area contributed by atoms with Gasteiger partial charge in [0.05, 0.1) is 22.5 Å². The molecule has 0 N–H and O–H groups in total. The molecule has 1 aromatic rings. The molecule has 1 saturated heterocycles. The molecule has 1 heterocycles. The quantitative estimate of drug-likeness (QED) is 0.626. The second-order valence-electron chi connectivity index (χ2n) is 4.97. The highest BCUT2D eigenvalue weighted by Gasteiger charge is 2.31. The number of aliphatic imine (C=N–C) groups is 1. The fourth-order valence-electron chi connectivity index (χ4n) is 2.44. The van der Waals surface area contributed by atoms with E-state index in [0.717, 1.165) is 31.6 Å². The molecular weight excluding hydrogens is 301 g/mol. The monoisotopic (exact) mass is 316 g/mol. The van der Waals surface area contributed by atoms with E-state index < -0.39 is 11.7 Å². The molecule has 0 radical (unpaired) electrons. The van der Waals surface area contributed by atoms with Crippen LogP contribution in [0.4, 0.5) is 18.9 Å². The van der Waals surface area contributed by atoms with E-state index in [0.29, 0.717) is 12.1 Å². The first-order valence-corrected chi connectivity index (χ1v) is 6.87. The van der Waals surface area contributed by atoms with Gasteiger partial charge < -0.3 is 4.74 Å². The molecule has 1 aromatic carbocycles. The Labute approximate surface area is 126 Å². The van der Waals surface area contributed by atoms with Crippen LogP contribution in [0, 0.1) is 0 Å². The van der Waals surface area contributed by atoms with Crippen molar-refractivity contribution in [2.45, 2.75) is 25.2 Å². The number of ether oxygens (including phenoxy) is 1. The lowest BCUT2D eigenvalue weighted by Crippen LogP contribution is -2.22. The first kappa shape index (κ1) is 16.1. The number of hydrogen-bond acceptors (Lipinski definition) is 4. The van der Waals surface area contributed by atoms with E-state index in [1.165, 1.54) is 0 Å². The molecule has 0 amide bonds. The third-order valence-corrected chi connectivity index (χ3v) is 3.54. The number of alkyl halides is 3. The summed E-state index contributed by atoms with van der Waals surface area (Å²) in [4.78, 5) is 5.73. The summed E-state index contributed by atoms with van der Waals surface area (Å²) in [5, 5.41) is 2.11. The molecule has 3 nitrogen and oxygen atoms in total. The number of thiocarbonyl (C=S) groups is 1. The lowest BCUT2D eigenvalue weighted by atomic mass is 10.1. The molecule has 1 fully saturated rings. The highest BCUT2D eigenvalue weighted by Crippen LogP contribution is 2.33. The van der Waals surface area contributed by atoms with Crippen LogP contribution in [0.1, 0.15) is 17.5 Å². The lowest BCUT2D eigenvalue weighted by Gasteiger charge is -2.17. The fraction of sp³-hybridized carbons (Fsp3) is 0.500. The van der Waals surface area contributed by atoms with Gasteiger partial charge in [-0.05, 0) is 42.4 Å². The van der Waals surface area contributed by atoms with Crippen molar-refractivity contribution in [3.8, 4) is 0 Å². The number of methoxy groups -OCH3 is 1. The highest BCUT2D eigenvalue weighted by molar-refractivity contribution is 7.78. The number of benzene rings is 1. The number of rotatable bonds is 4. The van der Waals surface area contributed by atoms with Crippen molar-refractivity contribution in [3.05, 3.63) is 29.3 Å². The number of nitrogens with zero attached hydrogens (tertiary/aromatic N) is 2. The van der Waals surface area contributed by atoms with E-state index in [1.807, 2.05) is 0 Å². The molecule has 0 aromatic heterocycles. The van der Waals surface area contributed by atoms with Gasteiger partial charge in [-0.2, -0.15) is 18.2 Å². The third kappa shape index (κ3) is 4.35.